The zero-order valence-electron chi connectivity index (χ0n) is 18.1. The minimum Gasteiger partial charge on any atom is -0.135 e. The minimum atomic E-state index is 1.29. The van der Waals surface area contributed by atoms with Crippen LogP contribution < -0.4 is 0 Å². The van der Waals surface area contributed by atoms with Gasteiger partial charge >= 0.3 is 0 Å². The summed E-state index contributed by atoms with van der Waals surface area (Å²) < 4.78 is 5.47. The fourth-order valence-electron chi connectivity index (χ4n) is 5.03. The van der Waals surface area contributed by atoms with Gasteiger partial charge in [0.2, 0.25) is 0 Å². The number of rotatable bonds is 2. The fourth-order valence-corrected chi connectivity index (χ4v) is 7.63. The number of thiophene rings is 2. The molecule has 0 bridgehead atoms. The van der Waals surface area contributed by atoms with Gasteiger partial charge in [0.15, 0.2) is 0 Å². The molecule has 156 valence electrons. The van der Waals surface area contributed by atoms with Crippen molar-refractivity contribution in [3.63, 3.8) is 0 Å². The summed E-state index contributed by atoms with van der Waals surface area (Å²) in [6.45, 7) is 2.17. The third-order valence-corrected chi connectivity index (χ3v) is 9.06. The van der Waals surface area contributed by atoms with Crippen LogP contribution in [0.1, 0.15) is 5.56 Å². The Morgan fingerprint density at radius 3 is 1.73 bits per heavy atom. The summed E-state index contributed by atoms with van der Waals surface area (Å²) in [5.74, 6) is 0. The Bertz CT molecular complexity index is 1830. The summed E-state index contributed by atoms with van der Waals surface area (Å²) in [7, 11) is 0. The van der Waals surface area contributed by atoms with Crippen molar-refractivity contribution in [1.29, 1.82) is 0 Å². The highest BCUT2D eigenvalue weighted by atomic mass is 32.1. The van der Waals surface area contributed by atoms with Crippen molar-refractivity contribution in [2.45, 2.75) is 6.92 Å². The Kier molecular flexibility index (Phi) is 4.20. The van der Waals surface area contributed by atoms with Crippen molar-refractivity contribution in [1.82, 2.24) is 0 Å². The summed E-state index contributed by atoms with van der Waals surface area (Å²) in [5.41, 5.74) is 6.58. The maximum atomic E-state index is 2.29. The molecular formula is C31H20S2. The average molecular weight is 457 g/mol. The first-order valence-corrected chi connectivity index (χ1v) is 12.8. The molecule has 0 aliphatic rings. The largest absolute Gasteiger partial charge is 0.135 e. The molecule has 0 unspecified atom stereocenters. The maximum absolute atomic E-state index is 2.29. The molecule has 0 fully saturated rings. The molecule has 0 aliphatic carbocycles. The van der Waals surface area contributed by atoms with Gasteiger partial charge in [-0.15, -0.1) is 22.7 Å². The van der Waals surface area contributed by atoms with Crippen molar-refractivity contribution in [3.8, 4) is 22.3 Å². The van der Waals surface area contributed by atoms with Crippen LogP contribution in [0.15, 0.2) is 103 Å². The highest BCUT2D eigenvalue weighted by Gasteiger charge is 2.16. The lowest BCUT2D eigenvalue weighted by atomic mass is 9.99. The molecule has 5 aromatic carbocycles. The Hall–Kier alpha value is -3.46. The van der Waals surface area contributed by atoms with Gasteiger partial charge < -0.3 is 0 Å². The molecule has 0 atom stereocenters. The molecule has 0 saturated carbocycles. The van der Waals surface area contributed by atoms with Crippen LogP contribution in [0.2, 0.25) is 0 Å². The third-order valence-electron chi connectivity index (χ3n) is 6.55. The second kappa shape index (κ2) is 7.28. The van der Waals surface area contributed by atoms with Crippen molar-refractivity contribution in [3.05, 3.63) is 109 Å². The number of benzene rings is 5. The van der Waals surface area contributed by atoms with Gasteiger partial charge in [-0.2, -0.15) is 0 Å². The van der Waals surface area contributed by atoms with Crippen molar-refractivity contribution in [2.75, 3.05) is 0 Å². The van der Waals surface area contributed by atoms with Crippen molar-refractivity contribution >= 4 is 63.0 Å². The summed E-state index contributed by atoms with van der Waals surface area (Å²) in [6, 6.07) is 37.9. The molecule has 2 heterocycles. The van der Waals surface area contributed by atoms with E-state index in [0.717, 1.165) is 0 Å². The lowest BCUT2D eigenvalue weighted by Gasteiger charge is -2.05. The summed E-state index contributed by atoms with van der Waals surface area (Å²) in [6.07, 6.45) is 0. The van der Waals surface area contributed by atoms with Crippen LogP contribution in [0.25, 0.3) is 62.6 Å². The van der Waals surface area contributed by atoms with E-state index in [1.807, 2.05) is 22.7 Å². The smallest absolute Gasteiger partial charge is 0.0434 e. The van der Waals surface area contributed by atoms with Gasteiger partial charge in [0.25, 0.3) is 0 Å². The van der Waals surface area contributed by atoms with Gasteiger partial charge in [-0.25, -0.2) is 0 Å². The normalized spacial score (nSPS) is 11.8. The first-order chi connectivity index (χ1) is 16.3. The zero-order chi connectivity index (χ0) is 21.9. The summed E-state index contributed by atoms with van der Waals surface area (Å²) in [5, 5.41) is 5.40. The molecule has 0 spiro atoms. The zero-order valence-corrected chi connectivity index (χ0v) is 19.8. The van der Waals surface area contributed by atoms with E-state index in [9.17, 15) is 0 Å². The van der Waals surface area contributed by atoms with Crippen molar-refractivity contribution < 1.29 is 0 Å². The highest BCUT2D eigenvalue weighted by Crippen LogP contribution is 2.46. The SMILES string of the molecule is Cc1cccc(-c2cccc3c2sc2c(-c4cccc5c4sc4ccccc45)cccc23)c1. The topological polar surface area (TPSA) is 0 Å². The van der Waals surface area contributed by atoms with Gasteiger partial charge in [0, 0.05) is 51.5 Å². The monoisotopic (exact) mass is 456 g/mol. The Balaban J connectivity index is 1.55. The number of hydrogen-bond acceptors (Lipinski definition) is 2. The molecule has 0 aliphatic heterocycles. The standard InChI is InChI=1S/C31H20S2/c1-19-8-4-9-20(18-19)21-11-5-13-24-26-15-7-16-27(31(26)33-29(21)24)25-14-6-12-23-22-10-2-3-17-28(22)32-30(23)25/h2-18H,1H3. The number of fused-ring (bicyclic) bond motifs is 6. The van der Waals surface area contributed by atoms with Gasteiger partial charge in [-0.1, -0.05) is 103 Å². The maximum Gasteiger partial charge on any atom is 0.0434 e. The van der Waals surface area contributed by atoms with Crippen LogP contribution in [-0.4, -0.2) is 0 Å². The van der Waals surface area contributed by atoms with Crippen molar-refractivity contribution in [2.24, 2.45) is 0 Å². The molecule has 0 N–H and O–H groups in total. The first kappa shape index (κ1) is 19.0. The van der Waals surface area contributed by atoms with Crippen LogP contribution in [0.5, 0.6) is 0 Å². The van der Waals surface area contributed by atoms with E-state index >= 15 is 0 Å². The summed E-state index contributed by atoms with van der Waals surface area (Å²) >= 11 is 3.84. The molecule has 33 heavy (non-hydrogen) atoms. The van der Waals surface area contributed by atoms with Crippen LogP contribution in [0.4, 0.5) is 0 Å². The fraction of sp³-hybridized carbons (Fsp3) is 0.0323. The highest BCUT2D eigenvalue weighted by molar-refractivity contribution is 7.27. The van der Waals surface area contributed by atoms with Gasteiger partial charge in [0.05, 0.1) is 0 Å². The van der Waals surface area contributed by atoms with Crippen LogP contribution in [-0.2, 0) is 0 Å². The van der Waals surface area contributed by atoms with Crippen LogP contribution in [0.3, 0.4) is 0 Å². The quantitative estimate of drug-likeness (QED) is 0.243. The van der Waals surface area contributed by atoms with E-state index < -0.39 is 0 Å². The molecule has 7 rings (SSSR count). The van der Waals surface area contributed by atoms with E-state index in [4.69, 9.17) is 0 Å². The Morgan fingerprint density at radius 1 is 0.455 bits per heavy atom. The van der Waals surface area contributed by atoms with Gasteiger partial charge in [-0.05, 0) is 24.1 Å². The molecule has 0 saturated heterocycles. The van der Waals surface area contributed by atoms with Crippen LogP contribution in [0, 0.1) is 6.92 Å². The molecule has 2 heteroatoms. The van der Waals surface area contributed by atoms with Crippen LogP contribution >= 0.6 is 22.7 Å². The van der Waals surface area contributed by atoms with E-state index in [1.165, 1.54) is 68.2 Å². The second-order valence-electron chi connectivity index (χ2n) is 8.62. The molecule has 0 amide bonds. The summed E-state index contributed by atoms with van der Waals surface area (Å²) in [4.78, 5) is 0. The van der Waals surface area contributed by atoms with Gasteiger partial charge in [0.1, 0.15) is 0 Å². The van der Waals surface area contributed by atoms with E-state index in [0.29, 0.717) is 0 Å². The number of hydrogen-bond donors (Lipinski definition) is 0. The lowest BCUT2D eigenvalue weighted by molar-refractivity contribution is 1.47. The Labute approximate surface area is 200 Å². The Morgan fingerprint density at radius 2 is 1.00 bits per heavy atom. The number of aryl methyl sites for hydroxylation is 1. The minimum absolute atomic E-state index is 1.29. The molecule has 0 radical (unpaired) electrons. The first-order valence-electron chi connectivity index (χ1n) is 11.2. The lowest BCUT2D eigenvalue weighted by Crippen LogP contribution is -1.79. The molecule has 7 aromatic rings. The van der Waals surface area contributed by atoms with E-state index in [2.05, 4.69) is 110 Å². The second-order valence-corrected chi connectivity index (χ2v) is 10.7. The predicted molar refractivity (Wildman–Crippen MR) is 148 cm³/mol. The average Bonchev–Trinajstić information content (AvgIpc) is 3.42. The molecule has 2 aromatic heterocycles. The third kappa shape index (κ3) is 2.88. The van der Waals surface area contributed by atoms with Gasteiger partial charge in [-0.3, -0.25) is 0 Å². The molecule has 0 nitrogen and oxygen atoms in total. The predicted octanol–water partition coefficient (Wildman–Crippen LogP) is 10.1. The van der Waals surface area contributed by atoms with E-state index in [-0.39, 0.29) is 0 Å². The van der Waals surface area contributed by atoms with E-state index in [1.54, 1.807) is 0 Å². The molecular weight excluding hydrogens is 436 g/mol.